The van der Waals surface area contributed by atoms with Gasteiger partial charge >= 0.3 is 0 Å². The number of hydrogen-bond acceptors (Lipinski definition) is 2. The third-order valence-corrected chi connectivity index (χ3v) is 2.10. The second-order valence-corrected chi connectivity index (χ2v) is 3.30. The van der Waals surface area contributed by atoms with Gasteiger partial charge in [0, 0.05) is 13.0 Å². The van der Waals surface area contributed by atoms with E-state index in [0.717, 1.165) is 11.1 Å². The number of rotatable bonds is 4. The van der Waals surface area contributed by atoms with Crippen LogP contribution in [0.15, 0.2) is 36.4 Å². The van der Waals surface area contributed by atoms with Gasteiger partial charge < -0.3 is 10.2 Å². The Hall–Kier alpha value is -1.12. The zero-order chi connectivity index (χ0) is 10.4. The highest BCUT2D eigenvalue weighted by Gasteiger charge is 2.00. The Balaban J connectivity index is 2.69. The lowest BCUT2D eigenvalue weighted by Crippen LogP contribution is -2.05. The van der Waals surface area contributed by atoms with Crippen LogP contribution in [0.1, 0.15) is 18.9 Å². The van der Waals surface area contributed by atoms with Crippen molar-refractivity contribution in [2.45, 2.75) is 19.4 Å². The largest absolute Gasteiger partial charge is 0.396 e. The fourth-order valence-corrected chi connectivity index (χ4v) is 1.30. The molecule has 2 heteroatoms. The van der Waals surface area contributed by atoms with E-state index in [0.29, 0.717) is 6.42 Å². The van der Waals surface area contributed by atoms with Crippen LogP contribution < -0.4 is 0 Å². The molecule has 0 amide bonds. The molecular weight excluding hydrogens is 176 g/mol. The first-order chi connectivity index (χ1) is 6.74. The minimum absolute atomic E-state index is 0.0136. The van der Waals surface area contributed by atoms with Crippen LogP contribution in [-0.2, 0) is 0 Å². The minimum atomic E-state index is -0.555. The highest BCUT2D eigenvalue weighted by molar-refractivity contribution is 5.63. The molecule has 0 spiro atoms. The summed E-state index contributed by atoms with van der Waals surface area (Å²) in [5.41, 5.74) is 2.14. The van der Waals surface area contributed by atoms with Crippen molar-refractivity contribution in [3.63, 3.8) is 0 Å². The average molecular weight is 192 g/mol. The minimum Gasteiger partial charge on any atom is -0.396 e. The fourth-order valence-electron chi connectivity index (χ4n) is 1.30. The van der Waals surface area contributed by atoms with E-state index in [1.807, 2.05) is 37.3 Å². The summed E-state index contributed by atoms with van der Waals surface area (Å²) < 4.78 is 0. The van der Waals surface area contributed by atoms with E-state index in [2.05, 4.69) is 0 Å². The Kier molecular flexibility index (Phi) is 4.36. The van der Waals surface area contributed by atoms with Gasteiger partial charge in [-0.1, -0.05) is 36.4 Å². The van der Waals surface area contributed by atoms with Crippen LogP contribution in [0.5, 0.6) is 0 Å². The van der Waals surface area contributed by atoms with Crippen LogP contribution in [0.3, 0.4) is 0 Å². The standard InChI is InChI=1S/C12H16O2/c1-10(9-12(14)7-8-13)11-5-3-2-4-6-11/h2-6,9,12-14H,7-8H2,1H3/b10-9+. The van der Waals surface area contributed by atoms with Crippen molar-refractivity contribution < 1.29 is 10.2 Å². The van der Waals surface area contributed by atoms with Crippen LogP contribution >= 0.6 is 0 Å². The van der Waals surface area contributed by atoms with E-state index in [9.17, 15) is 5.11 Å². The molecule has 1 atom stereocenters. The number of allylic oxidation sites excluding steroid dienone is 1. The third-order valence-electron chi connectivity index (χ3n) is 2.10. The molecule has 14 heavy (non-hydrogen) atoms. The van der Waals surface area contributed by atoms with Gasteiger partial charge in [-0.3, -0.25) is 0 Å². The first-order valence-electron chi connectivity index (χ1n) is 4.77. The van der Waals surface area contributed by atoms with Crippen LogP contribution in [0.25, 0.3) is 5.57 Å². The first-order valence-corrected chi connectivity index (χ1v) is 4.77. The van der Waals surface area contributed by atoms with Crippen molar-refractivity contribution in [2.24, 2.45) is 0 Å². The summed E-state index contributed by atoms with van der Waals surface area (Å²) in [5, 5.41) is 18.1. The topological polar surface area (TPSA) is 40.5 Å². The monoisotopic (exact) mass is 192 g/mol. The molecule has 0 aliphatic heterocycles. The maximum Gasteiger partial charge on any atom is 0.0748 e. The summed E-state index contributed by atoms with van der Waals surface area (Å²) >= 11 is 0. The predicted molar refractivity (Wildman–Crippen MR) is 57.8 cm³/mol. The van der Waals surface area contributed by atoms with Gasteiger partial charge in [-0.2, -0.15) is 0 Å². The number of benzene rings is 1. The molecule has 1 aromatic carbocycles. The van der Waals surface area contributed by atoms with Gasteiger partial charge in [-0.05, 0) is 18.1 Å². The smallest absolute Gasteiger partial charge is 0.0748 e. The maximum absolute atomic E-state index is 9.44. The van der Waals surface area contributed by atoms with Gasteiger partial charge in [0.05, 0.1) is 6.10 Å². The molecule has 1 unspecified atom stereocenters. The molecule has 0 aliphatic carbocycles. The third kappa shape index (κ3) is 3.32. The normalized spacial score (nSPS) is 14.1. The summed E-state index contributed by atoms with van der Waals surface area (Å²) in [6, 6.07) is 9.88. The molecule has 0 bridgehead atoms. The summed E-state index contributed by atoms with van der Waals surface area (Å²) in [6.45, 7) is 1.97. The van der Waals surface area contributed by atoms with Crippen LogP contribution in [0, 0.1) is 0 Å². The van der Waals surface area contributed by atoms with Gasteiger partial charge in [0.25, 0.3) is 0 Å². The quantitative estimate of drug-likeness (QED) is 0.764. The van der Waals surface area contributed by atoms with Gasteiger partial charge in [-0.25, -0.2) is 0 Å². The average Bonchev–Trinajstić information content (AvgIpc) is 2.19. The van der Waals surface area contributed by atoms with Gasteiger partial charge in [-0.15, -0.1) is 0 Å². The molecule has 1 rings (SSSR count). The molecule has 2 nitrogen and oxygen atoms in total. The second kappa shape index (κ2) is 5.58. The van der Waals surface area contributed by atoms with E-state index in [1.165, 1.54) is 0 Å². The summed E-state index contributed by atoms with van der Waals surface area (Å²) in [5.74, 6) is 0. The fraction of sp³-hybridized carbons (Fsp3) is 0.333. The molecule has 1 aromatic rings. The number of aliphatic hydroxyl groups is 2. The zero-order valence-corrected chi connectivity index (χ0v) is 8.35. The molecule has 0 aromatic heterocycles. The van der Waals surface area contributed by atoms with E-state index >= 15 is 0 Å². The van der Waals surface area contributed by atoms with Crippen LogP contribution in [-0.4, -0.2) is 22.9 Å². The van der Waals surface area contributed by atoms with Crippen molar-refractivity contribution in [3.05, 3.63) is 42.0 Å². The van der Waals surface area contributed by atoms with E-state index < -0.39 is 6.10 Å². The molecule has 0 radical (unpaired) electrons. The number of aliphatic hydroxyl groups excluding tert-OH is 2. The molecule has 0 saturated carbocycles. The molecule has 0 saturated heterocycles. The highest BCUT2D eigenvalue weighted by Crippen LogP contribution is 2.14. The van der Waals surface area contributed by atoms with Crippen molar-refractivity contribution in [3.8, 4) is 0 Å². The Morgan fingerprint density at radius 3 is 2.57 bits per heavy atom. The zero-order valence-electron chi connectivity index (χ0n) is 8.35. The van der Waals surface area contributed by atoms with Gasteiger partial charge in [0.1, 0.15) is 0 Å². The maximum atomic E-state index is 9.44. The molecule has 0 fully saturated rings. The van der Waals surface area contributed by atoms with E-state index in [-0.39, 0.29) is 6.61 Å². The molecule has 0 heterocycles. The van der Waals surface area contributed by atoms with Gasteiger partial charge in [0.2, 0.25) is 0 Å². The molecule has 2 N–H and O–H groups in total. The van der Waals surface area contributed by atoms with Crippen molar-refractivity contribution in [2.75, 3.05) is 6.61 Å². The molecule has 76 valence electrons. The predicted octanol–water partition coefficient (Wildman–Crippen LogP) is 1.83. The van der Waals surface area contributed by atoms with E-state index in [1.54, 1.807) is 6.08 Å². The molecular formula is C12H16O2. The lowest BCUT2D eigenvalue weighted by atomic mass is 10.1. The Morgan fingerprint density at radius 2 is 2.00 bits per heavy atom. The summed E-state index contributed by atoms with van der Waals surface area (Å²) in [7, 11) is 0. The lowest BCUT2D eigenvalue weighted by molar-refractivity contribution is 0.170. The second-order valence-electron chi connectivity index (χ2n) is 3.30. The Morgan fingerprint density at radius 1 is 1.36 bits per heavy atom. The summed E-state index contributed by atoms with van der Waals surface area (Å²) in [4.78, 5) is 0. The van der Waals surface area contributed by atoms with Crippen molar-refractivity contribution >= 4 is 5.57 Å². The SMILES string of the molecule is C/C(=C\C(O)CCO)c1ccccc1. The van der Waals surface area contributed by atoms with E-state index in [4.69, 9.17) is 5.11 Å². The first kappa shape index (κ1) is 11.0. The highest BCUT2D eigenvalue weighted by atomic mass is 16.3. The van der Waals surface area contributed by atoms with Gasteiger partial charge in [0.15, 0.2) is 0 Å². The van der Waals surface area contributed by atoms with Crippen LogP contribution in [0.2, 0.25) is 0 Å². The van der Waals surface area contributed by atoms with Crippen molar-refractivity contribution in [1.82, 2.24) is 0 Å². The number of hydrogen-bond donors (Lipinski definition) is 2. The molecule has 0 aliphatic rings. The Labute approximate surface area is 84.5 Å². The van der Waals surface area contributed by atoms with Crippen molar-refractivity contribution in [1.29, 1.82) is 0 Å². The Bertz CT molecular complexity index is 290. The summed E-state index contributed by atoms with van der Waals surface area (Å²) in [6.07, 6.45) is 1.61. The van der Waals surface area contributed by atoms with Crippen LogP contribution in [0.4, 0.5) is 0 Å². The lowest BCUT2D eigenvalue weighted by Gasteiger charge is -2.06.